The van der Waals surface area contributed by atoms with Crippen molar-refractivity contribution in [3.8, 4) is 0 Å². The van der Waals surface area contributed by atoms with Crippen LogP contribution in [-0.4, -0.2) is 189 Å². The summed E-state index contributed by atoms with van der Waals surface area (Å²) < 4.78 is 67.2. The van der Waals surface area contributed by atoms with Crippen molar-refractivity contribution in [1.82, 2.24) is 56.4 Å². The van der Waals surface area contributed by atoms with E-state index < -0.39 is 17.6 Å². The Labute approximate surface area is 534 Å². The molecule has 1 aromatic carbocycles. The van der Waals surface area contributed by atoms with E-state index in [1.165, 1.54) is 50.3 Å². The van der Waals surface area contributed by atoms with Crippen LogP contribution in [0, 0.1) is 29.5 Å². The van der Waals surface area contributed by atoms with Gasteiger partial charge < -0.3 is 61.0 Å². The Balaban J connectivity index is 1.19. The van der Waals surface area contributed by atoms with Crippen LogP contribution in [0.4, 0.5) is 17.6 Å². The molecule has 5 fully saturated rings. The maximum absolute atomic E-state index is 14.9. The van der Waals surface area contributed by atoms with Gasteiger partial charge in [0, 0.05) is 169 Å². The number of nitrogens with one attached hydrogen (secondary N) is 6. The highest BCUT2D eigenvalue weighted by Crippen LogP contribution is 2.44. The van der Waals surface area contributed by atoms with Crippen molar-refractivity contribution in [3.05, 3.63) is 83.6 Å². The van der Waals surface area contributed by atoms with Gasteiger partial charge in [0.1, 0.15) is 5.82 Å². The quantitative estimate of drug-likeness (QED) is 0.0827. The molecular weight excluding hydrogens is 1130 g/mol. The van der Waals surface area contributed by atoms with Crippen LogP contribution in [0.3, 0.4) is 0 Å². The second-order valence-electron chi connectivity index (χ2n) is 27.8. The number of aryl methyl sites for hydroxylation is 1. The van der Waals surface area contributed by atoms with Crippen LogP contribution in [0.1, 0.15) is 170 Å². The van der Waals surface area contributed by atoms with E-state index in [-0.39, 0.29) is 71.7 Å². The summed E-state index contributed by atoms with van der Waals surface area (Å²) in [5.74, 6) is 0.395. The lowest BCUT2D eigenvalue weighted by Crippen LogP contribution is -2.76. The number of ether oxygens (including phenoxy) is 2. The summed E-state index contributed by atoms with van der Waals surface area (Å²) in [7, 11) is 4.06. The van der Waals surface area contributed by atoms with Crippen molar-refractivity contribution in [2.24, 2.45) is 28.7 Å². The van der Waals surface area contributed by atoms with Gasteiger partial charge in [0.15, 0.2) is 0 Å². The van der Waals surface area contributed by atoms with Gasteiger partial charge in [0.25, 0.3) is 0 Å². The molecule has 2 saturated carbocycles. The Morgan fingerprint density at radius 1 is 0.876 bits per heavy atom. The average molecular weight is 1250 g/mol. The molecule has 7 rings (SSSR count). The first kappa shape index (κ1) is 72.3. The molecule has 6 N–H and O–H groups in total. The van der Waals surface area contributed by atoms with E-state index in [1.54, 1.807) is 6.20 Å². The number of nitrogens with zero attached hydrogens (tertiary/aromatic N) is 6. The molecule has 0 aromatic heterocycles. The molecule has 1 amide bonds. The number of likely N-dealkylation sites (N-methyl/N-ethyl adjacent to an activating group) is 1. The van der Waals surface area contributed by atoms with Gasteiger partial charge in [0.2, 0.25) is 5.91 Å². The van der Waals surface area contributed by atoms with Gasteiger partial charge in [-0.15, -0.1) is 0 Å². The van der Waals surface area contributed by atoms with Crippen molar-refractivity contribution in [2.45, 2.75) is 232 Å². The van der Waals surface area contributed by atoms with Gasteiger partial charge in [-0.1, -0.05) is 72.8 Å². The zero-order valence-corrected chi connectivity index (χ0v) is 56.7. The highest BCUT2D eigenvalue weighted by atomic mass is 19.4. The number of carbonyl (C=O) groups is 1. The van der Waals surface area contributed by atoms with E-state index in [1.807, 2.05) is 30.4 Å². The predicted molar refractivity (Wildman–Crippen MR) is 355 cm³/mol. The SMILES string of the molecule is CCCOCC1=CN(C)C=CN=C(CCc2ccc(C(F)(F)F)c(F)c2)C=CNCCNCC2(CCCC2)NC(C)[C@H](C2CCCC2)N2C(C)[C@H](C(=O)N3CCOCC3)C2CNC(C)[C@H](CC(C)C)NC[C@H]([C@@H](C)CC)NC(C)[C@H](C)N2CCCC2=CN1C. The molecule has 11 atom stereocenters. The molecule has 5 unspecified atom stereocenters. The molecule has 0 radical (unpaired) electrons. The average Bonchev–Trinajstić information content (AvgIpc) is 1.02. The summed E-state index contributed by atoms with van der Waals surface area (Å²) in [6.07, 6.45) is 22.2. The summed E-state index contributed by atoms with van der Waals surface area (Å²) in [6, 6.07) is 4.90. The van der Waals surface area contributed by atoms with Gasteiger partial charge in [0.05, 0.1) is 37.0 Å². The third kappa shape index (κ3) is 20.7. The lowest BCUT2D eigenvalue weighted by atomic mass is 9.74. The second kappa shape index (κ2) is 35.3. The highest BCUT2D eigenvalue weighted by molar-refractivity contribution is 5.95. The zero-order valence-electron chi connectivity index (χ0n) is 56.7. The molecule has 89 heavy (non-hydrogen) atoms. The topological polar surface area (TPSA) is 136 Å². The Kier molecular flexibility index (Phi) is 28.7. The van der Waals surface area contributed by atoms with Crippen molar-refractivity contribution >= 4 is 11.6 Å². The number of allylic oxidation sites excluding steroid dienone is 2. The first-order chi connectivity index (χ1) is 42.6. The van der Waals surface area contributed by atoms with Gasteiger partial charge in [-0.25, -0.2) is 4.39 Å². The third-order valence-electron chi connectivity index (χ3n) is 20.6. The van der Waals surface area contributed by atoms with Gasteiger partial charge in [-0.3, -0.25) is 14.7 Å². The number of rotatable bonds is 13. The molecule has 504 valence electrons. The maximum atomic E-state index is 14.9. The van der Waals surface area contributed by atoms with Crippen molar-refractivity contribution in [1.29, 1.82) is 0 Å². The van der Waals surface area contributed by atoms with E-state index >= 15 is 0 Å². The molecule has 2 aliphatic carbocycles. The number of aliphatic imine (C=N–C) groups is 1. The number of hydrogen-bond acceptors (Lipinski definition) is 14. The first-order valence-corrected chi connectivity index (χ1v) is 34.7. The highest BCUT2D eigenvalue weighted by Gasteiger charge is 2.56. The third-order valence-corrected chi connectivity index (χ3v) is 20.6. The molecular formula is C70H118F4N12O3. The molecule has 6 aliphatic rings. The fraction of sp³-hybridized carbons (Fsp3) is 0.771. The number of amides is 1. The minimum Gasteiger partial charge on any atom is -0.390 e. The molecule has 4 heterocycles. The van der Waals surface area contributed by atoms with Gasteiger partial charge in [-0.05, 0) is 147 Å². The Morgan fingerprint density at radius 3 is 2.30 bits per heavy atom. The molecule has 3 saturated heterocycles. The number of fused-ring (bicyclic) bond motifs is 2. The summed E-state index contributed by atoms with van der Waals surface area (Å²) in [4.78, 5) is 31.3. The Bertz CT molecular complexity index is 2460. The van der Waals surface area contributed by atoms with Crippen LogP contribution in [-0.2, 0) is 26.9 Å². The van der Waals surface area contributed by atoms with Crippen LogP contribution >= 0.6 is 0 Å². The van der Waals surface area contributed by atoms with Crippen LogP contribution in [0.25, 0.3) is 0 Å². The number of carbonyl (C=O) groups excluding carboxylic acids is 1. The molecule has 0 bridgehead atoms. The number of hydrogen-bond donors (Lipinski definition) is 6. The molecule has 19 heteroatoms. The monoisotopic (exact) mass is 1250 g/mol. The van der Waals surface area contributed by atoms with Crippen molar-refractivity contribution in [3.63, 3.8) is 0 Å². The number of morpholine rings is 1. The van der Waals surface area contributed by atoms with Crippen molar-refractivity contribution in [2.75, 3.05) is 92.9 Å². The Morgan fingerprint density at radius 2 is 1.62 bits per heavy atom. The van der Waals surface area contributed by atoms with Gasteiger partial charge in [-0.2, -0.15) is 13.2 Å². The zero-order chi connectivity index (χ0) is 64.3. The second-order valence-corrected chi connectivity index (χ2v) is 27.8. The lowest BCUT2D eigenvalue weighted by molar-refractivity contribution is -0.165. The molecule has 15 nitrogen and oxygen atoms in total. The minimum atomic E-state index is -4.77. The van der Waals surface area contributed by atoms with Crippen molar-refractivity contribution < 1.29 is 31.8 Å². The first-order valence-electron chi connectivity index (χ1n) is 34.7. The van der Waals surface area contributed by atoms with Crippen LogP contribution in [0.15, 0.2) is 71.7 Å². The number of benzene rings is 1. The minimum absolute atomic E-state index is 0.0607. The van der Waals surface area contributed by atoms with Crippen LogP contribution < -0.4 is 31.9 Å². The number of alkyl halides is 3. The van der Waals surface area contributed by atoms with E-state index in [0.717, 1.165) is 95.5 Å². The fourth-order valence-corrected chi connectivity index (χ4v) is 15.2. The standard InChI is InChI=1S/C70H118F4N12O3/c1-13-38-89-47-60-45-82(11)35-33-77-58(25-23-56-24-26-61(62(71)42-56)70(72,73)74)27-30-75-31-32-76-48-69(28-17-18-29-69)81-53(8)67(57-20-15-16-21-57)86-55(10)66(68(87)84-36-39-88-40-37-84)65(86)44-78-52(7)63(41-49(3)4)79-43-64(50(5)14-2)80-51(6)54(9)85-34-19-22-59(85)46-83(60)12/h24,26-27,30,33,35,42,45-46,49-55,57,63-67,75-76,78-81H,13-23,25,28-29,31-32,34,36-41,43-44,47-48H2,1-12H3/t50-,51?,52?,53?,54-,55?,63-,64+,65?,66-,67+/m0/s1. The normalized spacial score (nSPS) is 29.9. The van der Waals surface area contributed by atoms with E-state index in [2.05, 4.69) is 140 Å². The van der Waals surface area contributed by atoms with E-state index in [0.29, 0.717) is 87.9 Å². The predicted octanol–water partition coefficient (Wildman–Crippen LogP) is 10.6. The maximum Gasteiger partial charge on any atom is 0.419 e. The summed E-state index contributed by atoms with van der Waals surface area (Å²) in [5, 5.41) is 24.1. The van der Waals surface area contributed by atoms with E-state index in [9.17, 15) is 22.4 Å². The van der Waals surface area contributed by atoms with Gasteiger partial charge >= 0.3 is 6.18 Å². The summed E-state index contributed by atoms with van der Waals surface area (Å²) in [5.41, 5.74) is 2.10. The van der Waals surface area contributed by atoms with E-state index in [4.69, 9.17) is 14.5 Å². The summed E-state index contributed by atoms with van der Waals surface area (Å²) in [6.45, 7) is 31.7. The number of halogens is 4. The molecule has 1 aromatic rings. The van der Waals surface area contributed by atoms with Crippen LogP contribution in [0.5, 0.6) is 0 Å². The Hall–Kier alpha value is -4.08. The molecule has 4 aliphatic heterocycles. The lowest BCUT2D eigenvalue weighted by Gasteiger charge is -2.60. The fourth-order valence-electron chi connectivity index (χ4n) is 15.2. The summed E-state index contributed by atoms with van der Waals surface area (Å²) >= 11 is 0. The van der Waals surface area contributed by atoms with Crippen LogP contribution in [0.2, 0.25) is 0 Å². The molecule has 1 spiro atoms. The largest absolute Gasteiger partial charge is 0.419 e. The smallest absolute Gasteiger partial charge is 0.390 e.